The van der Waals surface area contributed by atoms with E-state index in [2.05, 4.69) is 46.1 Å². The van der Waals surface area contributed by atoms with Gasteiger partial charge in [0.05, 0.1) is 5.75 Å². The number of piperazine rings is 1. The molecule has 0 bridgehead atoms. The molecule has 6 nitrogen and oxygen atoms in total. The first-order valence-corrected chi connectivity index (χ1v) is 11.3. The van der Waals surface area contributed by atoms with E-state index in [-0.39, 0.29) is 5.91 Å². The quantitative estimate of drug-likeness (QED) is 0.539. The lowest BCUT2D eigenvalue weighted by atomic mass is 10.2. The average Bonchev–Trinajstić information content (AvgIpc) is 2.80. The Hall–Kier alpha value is -3.06. The summed E-state index contributed by atoms with van der Waals surface area (Å²) in [5.74, 6) is 1.55. The normalized spacial score (nSPS) is 13.9. The summed E-state index contributed by atoms with van der Waals surface area (Å²) in [5.41, 5.74) is 3.63. The van der Waals surface area contributed by atoms with E-state index in [1.807, 2.05) is 36.1 Å². The highest BCUT2D eigenvalue weighted by atomic mass is 32.2. The molecule has 31 heavy (non-hydrogen) atoms. The van der Waals surface area contributed by atoms with Crippen molar-refractivity contribution in [1.82, 2.24) is 14.9 Å². The van der Waals surface area contributed by atoms with Crippen LogP contribution in [0.3, 0.4) is 0 Å². The van der Waals surface area contributed by atoms with Crippen LogP contribution in [0.2, 0.25) is 0 Å². The molecule has 1 aromatic heterocycles. The Morgan fingerprint density at radius 3 is 2.45 bits per heavy atom. The number of aromatic nitrogens is 2. The molecule has 2 heterocycles. The number of carbonyl (C=O) groups excluding carboxylic acids is 1. The number of anilines is 1. The fraction of sp³-hybridized carbons (Fsp3) is 0.292. The minimum atomic E-state index is 0.112. The lowest BCUT2D eigenvalue weighted by molar-refractivity contribution is -0.128. The molecule has 1 aliphatic heterocycles. The van der Waals surface area contributed by atoms with Gasteiger partial charge < -0.3 is 14.5 Å². The van der Waals surface area contributed by atoms with Crippen molar-refractivity contribution in [2.24, 2.45) is 0 Å². The van der Waals surface area contributed by atoms with Crippen molar-refractivity contribution in [2.75, 3.05) is 36.8 Å². The molecule has 3 aromatic rings. The van der Waals surface area contributed by atoms with Gasteiger partial charge in [0.15, 0.2) is 5.03 Å². The molecular formula is C24H26N4O2S. The topological polar surface area (TPSA) is 58.6 Å². The summed E-state index contributed by atoms with van der Waals surface area (Å²) >= 11 is 1.37. The Morgan fingerprint density at radius 2 is 1.71 bits per heavy atom. The number of ether oxygens (including phenoxy) is 1. The summed E-state index contributed by atoms with van der Waals surface area (Å²) < 4.78 is 5.89. The highest BCUT2D eigenvalue weighted by Crippen LogP contribution is 2.29. The van der Waals surface area contributed by atoms with Gasteiger partial charge in [-0.1, -0.05) is 41.6 Å². The first-order valence-electron chi connectivity index (χ1n) is 10.4. The lowest BCUT2D eigenvalue weighted by Gasteiger charge is -2.36. The van der Waals surface area contributed by atoms with Crippen LogP contribution in [0.15, 0.2) is 66.0 Å². The first kappa shape index (κ1) is 21.2. The van der Waals surface area contributed by atoms with Gasteiger partial charge in [0, 0.05) is 44.3 Å². The molecule has 0 spiro atoms. The second-order valence-electron chi connectivity index (χ2n) is 7.58. The third-order valence-corrected chi connectivity index (χ3v) is 6.15. The minimum absolute atomic E-state index is 0.112. The molecule has 1 saturated heterocycles. The molecule has 1 fully saturated rings. The summed E-state index contributed by atoms with van der Waals surface area (Å²) in [4.78, 5) is 25.7. The predicted octanol–water partition coefficient (Wildman–Crippen LogP) is 4.33. The van der Waals surface area contributed by atoms with Crippen molar-refractivity contribution < 1.29 is 9.53 Å². The molecule has 0 aliphatic carbocycles. The third kappa shape index (κ3) is 5.55. The average molecular weight is 435 g/mol. The van der Waals surface area contributed by atoms with Crippen LogP contribution in [0.4, 0.5) is 5.69 Å². The predicted molar refractivity (Wildman–Crippen MR) is 124 cm³/mol. The zero-order valence-electron chi connectivity index (χ0n) is 17.8. The van der Waals surface area contributed by atoms with Gasteiger partial charge in [-0.05, 0) is 43.7 Å². The van der Waals surface area contributed by atoms with E-state index in [4.69, 9.17) is 4.74 Å². The van der Waals surface area contributed by atoms with E-state index in [0.717, 1.165) is 31.7 Å². The van der Waals surface area contributed by atoms with Crippen molar-refractivity contribution in [1.29, 1.82) is 0 Å². The van der Waals surface area contributed by atoms with Gasteiger partial charge in [-0.3, -0.25) is 4.79 Å². The maximum Gasteiger partial charge on any atom is 0.252 e. The smallest absolute Gasteiger partial charge is 0.252 e. The van der Waals surface area contributed by atoms with E-state index in [0.29, 0.717) is 22.4 Å². The largest absolute Gasteiger partial charge is 0.437 e. The van der Waals surface area contributed by atoms with Crippen molar-refractivity contribution in [2.45, 2.75) is 18.9 Å². The number of carbonyl (C=O) groups is 1. The molecule has 160 valence electrons. The van der Waals surface area contributed by atoms with Gasteiger partial charge in [-0.15, -0.1) is 0 Å². The number of amides is 1. The van der Waals surface area contributed by atoms with E-state index < -0.39 is 0 Å². The number of nitrogens with zero attached hydrogens (tertiary/aromatic N) is 4. The number of thioether (sulfide) groups is 1. The van der Waals surface area contributed by atoms with Crippen molar-refractivity contribution in [3.63, 3.8) is 0 Å². The van der Waals surface area contributed by atoms with E-state index >= 15 is 0 Å². The molecule has 0 atom stereocenters. The number of benzene rings is 2. The fourth-order valence-corrected chi connectivity index (χ4v) is 4.26. The minimum Gasteiger partial charge on any atom is -0.437 e. The van der Waals surface area contributed by atoms with E-state index in [1.54, 1.807) is 12.4 Å². The van der Waals surface area contributed by atoms with Crippen LogP contribution in [0.25, 0.3) is 0 Å². The Morgan fingerprint density at radius 1 is 0.968 bits per heavy atom. The number of hydrogen-bond acceptors (Lipinski definition) is 6. The van der Waals surface area contributed by atoms with Crippen LogP contribution < -0.4 is 9.64 Å². The molecule has 0 N–H and O–H groups in total. The summed E-state index contributed by atoms with van der Waals surface area (Å²) in [7, 11) is 0. The number of rotatable bonds is 6. The van der Waals surface area contributed by atoms with Crippen LogP contribution >= 0.6 is 11.8 Å². The summed E-state index contributed by atoms with van der Waals surface area (Å²) in [6.07, 6.45) is 3.22. The Bertz CT molecular complexity index is 1030. The maximum absolute atomic E-state index is 12.8. The summed E-state index contributed by atoms with van der Waals surface area (Å²) in [6, 6.07) is 16.3. The second kappa shape index (κ2) is 9.83. The summed E-state index contributed by atoms with van der Waals surface area (Å²) in [6.45, 7) is 7.25. The highest BCUT2D eigenvalue weighted by molar-refractivity contribution is 8.00. The maximum atomic E-state index is 12.8. The molecular weight excluding hydrogens is 408 g/mol. The molecule has 0 radical (unpaired) electrons. The van der Waals surface area contributed by atoms with Gasteiger partial charge in [-0.2, -0.15) is 0 Å². The van der Waals surface area contributed by atoms with Gasteiger partial charge >= 0.3 is 0 Å². The Labute approximate surface area is 187 Å². The lowest BCUT2D eigenvalue weighted by Crippen LogP contribution is -2.49. The van der Waals surface area contributed by atoms with Crippen LogP contribution in [0, 0.1) is 13.8 Å². The molecule has 0 unspecified atom stereocenters. The molecule has 7 heteroatoms. The van der Waals surface area contributed by atoms with Gasteiger partial charge in [0.1, 0.15) is 5.75 Å². The standard InChI is InChI=1S/C24H26N4O2S/c1-18-6-8-21(9-7-18)30-23-24(26-11-10-25-23)31-17-22(29)28-14-12-27(13-15-28)20-5-3-4-19(2)16-20/h3-11,16H,12-15,17H2,1-2H3. The SMILES string of the molecule is Cc1ccc(Oc2nccnc2SCC(=O)N2CCN(c3cccc(C)c3)CC2)cc1. The van der Waals surface area contributed by atoms with Crippen LogP contribution in [-0.4, -0.2) is 52.7 Å². The molecule has 0 saturated carbocycles. The van der Waals surface area contributed by atoms with Gasteiger partial charge in [0.2, 0.25) is 5.91 Å². The monoisotopic (exact) mass is 434 g/mol. The Kier molecular flexibility index (Phi) is 6.72. The second-order valence-corrected chi connectivity index (χ2v) is 8.54. The van der Waals surface area contributed by atoms with E-state index in [9.17, 15) is 4.79 Å². The van der Waals surface area contributed by atoms with Crippen molar-refractivity contribution in [3.05, 3.63) is 72.1 Å². The molecule has 1 amide bonds. The zero-order chi connectivity index (χ0) is 21.6. The van der Waals surface area contributed by atoms with Gasteiger partial charge in [-0.25, -0.2) is 9.97 Å². The van der Waals surface area contributed by atoms with E-state index in [1.165, 1.54) is 23.0 Å². The van der Waals surface area contributed by atoms with Crippen molar-refractivity contribution >= 4 is 23.4 Å². The van der Waals surface area contributed by atoms with Crippen LogP contribution in [0.5, 0.6) is 11.6 Å². The Balaban J connectivity index is 1.32. The van der Waals surface area contributed by atoms with Gasteiger partial charge in [0.25, 0.3) is 5.88 Å². The fourth-order valence-electron chi connectivity index (χ4n) is 3.46. The summed E-state index contributed by atoms with van der Waals surface area (Å²) in [5, 5.41) is 0.620. The number of aryl methyl sites for hydroxylation is 2. The number of hydrogen-bond donors (Lipinski definition) is 0. The molecule has 4 rings (SSSR count). The zero-order valence-corrected chi connectivity index (χ0v) is 18.6. The highest BCUT2D eigenvalue weighted by Gasteiger charge is 2.22. The van der Waals surface area contributed by atoms with Crippen molar-refractivity contribution in [3.8, 4) is 11.6 Å². The van der Waals surface area contributed by atoms with Crippen LogP contribution in [-0.2, 0) is 4.79 Å². The molecule has 2 aromatic carbocycles. The molecule has 1 aliphatic rings. The van der Waals surface area contributed by atoms with Crippen LogP contribution in [0.1, 0.15) is 11.1 Å². The third-order valence-electron chi connectivity index (χ3n) is 5.20. The first-order chi connectivity index (χ1) is 15.1.